The lowest BCUT2D eigenvalue weighted by Gasteiger charge is -2.29. The van der Waals surface area contributed by atoms with E-state index < -0.39 is 10.0 Å². The second-order valence-electron chi connectivity index (χ2n) is 5.23. The summed E-state index contributed by atoms with van der Waals surface area (Å²) in [7, 11) is -3.53. The largest absolute Gasteiger partial charge is 0.303 e. The van der Waals surface area contributed by atoms with Gasteiger partial charge in [-0.15, -0.1) is 0 Å². The van der Waals surface area contributed by atoms with Crippen molar-refractivity contribution in [3.8, 4) is 0 Å². The summed E-state index contributed by atoms with van der Waals surface area (Å²) in [6.45, 7) is 0.792. The van der Waals surface area contributed by atoms with Gasteiger partial charge in [-0.2, -0.15) is 4.31 Å². The number of rotatable bonds is 3. The van der Waals surface area contributed by atoms with Gasteiger partial charge in [0.2, 0.25) is 10.0 Å². The van der Waals surface area contributed by atoms with Gasteiger partial charge in [-0.3, -0.25) is 4.98 Å². The summed E-state index contributed by atoms with van der Waals surface area (Å²) in [6, 6.07) is 6.93. The van der Waals surface area contributed by atoms with Gasteiger partial charge in [0.25, 0.3) is 0 Å². The molecule has 1 aromatic heterocycles. The number of aldehydes is 1. The highest BCUT2D eigenvalue weighted by molar-refractivity contribution is 7.89. The average molecular weight is 304 g/mol. The lowest BCUT2D eigenvalue weighted by Crippen LogP contribution is -2.38. The van der Waals surface area contributed by atoms with Crippen molar-refractivity contribution in [3.05, 3.63) is 36.7 Å². The van der Waals surface area contributed by atoms with Gasteiger partial charge in [0.05, 0.1) is 4.90 Å². The molecule has 0 bridgehead atoms. The van der Waals surface area contributed by atoms with Crippen molar-refractivity contribution in [1.82, 2.24) is 9.29 Å². The lowest BCUT2D eigenvalue weighted by molar-refractivity contribution is -0.112. The van der Waals surface area contributed by atoms with Crippen LogP contribution in [0.1, 0.15) is 12.8 Å². The third-order valence-electron chi connectivity index (χ3n) is 3.95. The quantitative estimate of drug-likeness (QED) is 0.811. The molecule has 1 aliphatic rings. The van der Waals surface area contributed by atoms with E-state index in [4.69, 9.17) is 0 Å². The molecule has 2 aromatic rings. The molecule has 0 saturated carbocycles. The minimum absolute atomic E-state index is 0.0202. The first-order chi connectivity index (χ1) is 10.1. The molecule has 0 N–H and O–H groups in total. The summed E-state index contributed by atoms with van der Waals surface area (Å²) < 4.78 is 27.1. The molecule has 0 aliphatic carbocycles. The molecule has 1 fully saturated rings. The molecular formula is C15H16N2O3S. The van der Waals surface area contributed by atoms with Crippen molar-refractivity contribution in [3.63, 3.8) is 0 Å². The van der Waals surface area contributed by atoms with E-state index in [9.17, 15) is 13.2 Å². The summed E-state index contributed by atoms with van der Waals surface area (Å²) in [5.41, 5.74) is 0. The molecule has 21 heavy (non-hydrogen) atoms. The molecule has 5 nitrogen and oxygen atoms in total. The van der Waals surface area contributed by atoms with Gasteiger partial charge < -0.3 is 4.79 Å². The van der Waals surface area contributed by atoms with Crippen LogP contribution in [0.25, 0.3) is 10.8 Å². The zero-order valence-corrected chi connectivity index (χ0v) is 12.3. The van der Waals surface area contributed by atoms with Crippen molar-refractivity contribution in [2.45, 2.75) is 17.7 Å². The van der Waals surface area contributed by atoms with Crippen LogP contribution in [-0.2, 0) is 14.8 Å². The maximum atomic E-state index is 12.8. The number of nitrogens with zero attached hydrogens (tertiary/aromatic N) is 2. The predicted octanol–water partition coefficient (Wildman–Crippen LogP) is 1.83. The van der Waals surface area contributed by atoms with Crippen LogP contribution >= 0.6 is 0 Å². The van der Waals surface area contributed by atoms with Crippen molar-refractivity contribution in [1.29, 1.82) is 0 Å². The number of hydrogen-bond donors (Lipinski definition) is 0. The molecule has 3 rings (SSSR count). The highest BCUT2D eigenvalue weighted by atomic mass is 32.2. The number of carbonyl (C=O) groups excluding carboxylic acids is 1. The number of sulfonamides is 1. The Morgan fingerprint density at radius 1 is 1.19 bits per heavy atom. The van der Waals surface area contributed by atoms with Crippen LogP contribution < -0.4 is 0 Å². The first-order valence-corrected chi connectivity index (χ1v) is 8.35. The monoisotopic (exact) mass is 304 g/mol. The molecule has 1 saturated heterocycles. The molecule has 0 spiro atoms. The smallest absolute Gasteiger partial charge is 0.243 e. The highest BCUT2D eigenvalue weighted by Crippen LogP contribution is 2.27. The molecule has 1 aromatic carbocycles. The summed E-state index contributed by atoms with van der Waals surface area (Å²) in [5.74, 6) is -0.0202. The first-order valence-electron chi connectivity index (χ1n) is 6.91. The Hall–Kier alpha value is -1.79. The van der Waals surface area contributed by atoms with E-state index in [0.29, 0.717) is 36.2 Å². The number of piperidine rings is 1. The van der Waals surface area contributed by atoms with Gasteiger partial charge in [-0.05, 0) is 25.0 Å². The van der Waals surface area contributed by atoms with Crippen LogP contribution in [0.4, 0.5) is 0 Å². The SMILES string of the molecule is O=CC1CCN(S(=O)(=O)c2cccc3cnccc23)CC1. The van der Waals surface area contributed by atoms with Crippen LogP contribution in [0.5, 0.6) is 0 Å². The van der Waals surface area contributed by atoms with E-state index in [1.807, 2.05) is 6.07 Å². The summed E-state index contributed by atoms with van der Waals surface area (Å²) in [4.78, 5) is 15.1. The number of benzene rings is 1. The normalized spacial score (nSPS) is 17.9. The number of fused-ring (bicyclic) bond motifs is 1. The third kappa shape index (κ3) is 2.56. The Balaban J connectivity index is 1.99. The zero-order chi connectivity index (χ0) is 14.9. The molecule has 0 radical (unpaired) electrons. The average Bonchev–Trinajstić information content (AvgIpc) is 2.54. The van der Waals surface area contributed by atoms with E-state index >= 15 is 0 Å². The highest BCUT2D eigenvalue weighted by Gasteiger charge is 2.30. The van der Waals surface area contributed by atoms with Crippen LogP contribution in [0.15, 0.2) is 41.6 Å². The van der Waals surface area contributed by atoms with Crippen LogP contribution in [0, 0.1) is 5.92 Å². The van der Waals surface area contributed by atoms with E-state index in [0.717, 1.165) is 11.7 Å². The fourth-order valence-corrected chi connectivity index (χ4v) is 4.39. The van der Waals surface area contributed by atoms with Crippen molar-refractivity contribution in [2.24, 2.45) is 5.92 Å². The molecular weight excluding hydrogens is 288 g/mol. The number of pyridine rings is 1. The predicted molar refractivity (Wildman–Crippen MR) is 79.3 cm³/mol. The summed E-state index contributed by atoms with van der Waals surface area (Å²) in [5, 5.41) is 1.49. The van der Waals surface area contributed by atoms with Crippen molar-refractivity contribution in [2.75, 3.05) is 13.1 Å². The Kier molecular flexibility index (Phi) is 3.73. The Labute approximate surface area is 123 Å². The van der Waals surface area contributed by atoms with Gasteiger partial charge in [-0.1, -0.05) is 12.1 Å². The molecule has 6 heteroatoms. The number of hydrogen-bond acceptors (Lipinski definition) is 4. The summed E-state index contributed by atoms with van der Waals surface area (Å²) in [6.07, 6.45) is 5.37. The van der Waals surface area contributed by atoms with Gasteiger partial charge in [0.1, 0.15) is 6.29 Å². The van der Waals surface area contributed by atoms with Crippen LogP contribution in [0.2, 0.25) is 0 Å². The second-order valence-corrected chi connectivity index (χ2v) is 7.14. The summed E-state index contributed by atoms with van der Waals surface area (Å²) >= 11 is 0. The minimum atomic E-state index is -3.53. The Morgan fingerprint density at radius 3 is 2.67 bits per heavy atom. The lowest BCUT2D eigenvalue weighted by atomic mass is 10.0. The molecule has 2 heterocycles. The topological polar surface area (TPSA) is 67.3 Å². The van der Waals surface area contributed by atoms with Gasteiger partial charge >= 0.3 is 0 Å². The fraction of sp³-hybridized carbons (Fsp3) is 0.333. The van der Waals surface area contributed by atoms with Gasteiger partial charge in [-0.25, -0.2) is 8.42 Å². The number of carbonyl (C=O) groups is 1. The first kappa shape index (κ1) is 14.2. The van der Waals surface area contributed by atoms with Gasteiger partial charge in [0, 0.05) is 42.2 Å². The number of aromatic nitrogens is 1. The van der Waals surface area contributed by atoms with E-state index in [-0.39, 0.29) is 5.92 Å². The minimum Gasteiger partial charge on any atom is -0.303 e. The standard InChI is InChI=1S/C15H16N2O3S/c18-11-12-5-8-17(9-6-12)21(19,20)15-3-1-2-13-10-16-7-4-14(13)15/h1-4,7,10-12H,5-6,8-9H2. The van der Waals surface area contributed by atoms with E-state index in [2.05, 4.69) is 4.98 Å². The van der Waals surface area contributed by atoms with Crippen molar-refractivity contribution >= 4 is 27.1 Å². The molecule has 0 atom stereocenters. The Bertz CT molecular complexity index is 760. The molecule has 0 amide bonds. The molecule has 1 aliphatic heterocycles. The molecule has 0 unspecified atom stereocenters. The maximum Gasteiger partial charge on any atom is 0.243 e. The fourth-order valence-electron chi connectivity index (χ4n) is 2.71. The Morgan fingerprint density at radius 2 is 1.95 bits per heavy atom. The van der Waals surface area contributed by atoms with E-state index in [1.165, 1.54) is 4.31 Å². The van der Waals surface area contributed by atoms with Crippen LogP contribution in [0.3, 0.4) is 0 Å². The third-order valence-corrected chi connectivity index (χ3v) is 5.91. The zero-order valence-electron chi connectivity index (χ0n) is 11.5. The molecule has 110 valence electrons. The van der Waals surface area contributed by atoms with Gasteiger partial charge in [0.15, 0.2) is 0 Å². The van der Waals surface area contributed by atoms with Crippen LogP contribution in [-0.4, -0.2) is 37.1 Å². The van der Waals surface area contributed by atoms with Crippen molar-refractivity contribution < 1.29 is 13.2 Å². The maximum absolute atomic E-state index is 12.8. The van der Waals surface area contributed by atoms with E-state index in [1.54, 1.807) is 30.6 Å². The second kappa shape index (κ2) is 5.54.